The van der Waals surface area contributed by atoms with Gasteiger partial charge in [0.2, 0.25) is 0 Å². The van der Waals surface area contributed by atoms with Crippen molar-refractivity contribution in [1.29, 1.82) is 0 Å². The Morgan fingerprint density at radius 3 is 2.68 bits per heavy atom. The number of hydrogen-bond donors (Lipinski definition) is 1. The number of nitrogens with one attached hydrogen (secondary N) is 1. The zero-order valence-electron chi connectivity index (χ0n) is 17.8. The highest BCUT2D eigenvalue weighted by Gasteiger charge is 2.27. The van der Waals surface area contributed by atoms with Gasteiger partial charge in [-0.15, -0.1) is 8.78 Å². The van der Waals surface area contributed by atoms with Crippen molar-refractivity contribution in [1.82, 2.24) is 19.5 Å². The number of alkyl halides is 3. The molecule has 1 aliphatic rings. The van der Waals surface area contributed by atoms with Crippen molar-refractivity contribution in [3.63, 3.8) is 0 Å². The predicted molar refractivity (Wildman–Crippen MR) is 121 cm³/mol. The van der Waals surface area contributed by atoms with Crippen molar-refractivity contribution in [3.8, 4) is 16.9 Å². The molecule has 1 amide bonds. The molecule has 5 rings (SSSR count). The molecule has 3 heterocycles. The second-order valence-corrected chi connectivity index (χ2v) is 8.25. The number of anilines is 1. The Bertz CT molecular complexity index is 1360. The number of aromatic nitrogens is 4. The predicted octanol–water partition coefficient (Wildman–Crippen LogP) is 4.83. The Morgan fingerprint density at radius 2 is 1.97 bits per heavy atom. The number of halogens is 3. The molecule has 11 heteroatoms. The lowest BCUT2D eigenvalue weighted by Gasteiger charge is -2.22. The first-order valence-electron chi connectivity index (χ1n) is 10.3. The molecule has 0 bridgehead atoms. The molecule has 8 nitrogen and oxygen atoms in total. The molecule has 0 spiro atoms. The van der Waals surface area contributed by atoms with Gasteiger partial charge in [0, 0.05) is 46.4 Å². The molecule has 0 saturated heterocycles. The van der Waals surface area contributed by atoms with Gasteiger partial charge in [-0.1, -0.05) is 0 Å². The van der Waals surface area contributed by atoms with Gasteiger partial charge in [-0.2, -0.15) is 0 Å². The van der Waals surface area contributed by atoms with Crippen molar-refractivity contribution in [3.05, 3.63) is 66.5 Å². The molecular formula is C23H18ClF2N5O3. The van der Waals surface area contributed by atoms with Crippen LogP contribution in [0, 0.1) is 0 Å². The zero-order valence-corrected chi connectivity index (χ0v) is 18.6. The van der Waals surface area contributed by atoms with E-state index >= 15 is 0 Å². The molecular weight excluding hydrogens is 468 g/mol. The van der Waals surface area contributed by atoms with Crippen LogP contribution in [0.3, 0.4) is 0 Å². The van der Waals surface area contributed by atoms with E-state index in [2.05, 4.69) is 29.6 Å². The minimum absolute atomic E-state index is 0.0263. The van der Waals surface area contributed by atoms with Crippen molar-refractivity contribution in [2.24, 2.45) is 0 Å². The minimum atomic E-state index is -3.82. The van der Waals surface area contributed by atoms with Gasteiger partial charge in [-0.05, 0) is 43.3 Å². The van der Waals surface area contributed by atoms with Gasteiger partial charge in [0.05, 0.1) is 23.7 Å². The van der Waals surface area contributed by atoms with Crippen LogP contribution in [0.5, 0.6) is 5.75 Å². The van der Waals surface area contributed by atoms with Crippen molar-refractivity contribution in [2.45, 2.75) is 31.7 Å². The molecule has 0 saturated carbocycles. The van der Waals surface area contributed by atoms with E-state index < -0.39 is 11.5 Å². The molecule has 0 unspecified atom stereocenters. The number of imidazole rings is 1. The summed E-state index contributed by atoms with van der Waals surface area (Å²) in [6.07, 6.45) is 4.82. The summed E-state index contributed by atoms with van der Waals surface area (Å²) in [6.45, 7) is 3.00. The summed E-state index contributed by atoms with van der Waals surface area (Å²) in [4.78, 5) is 26.0. The average molecular weight is 486 g/mol. The summed E-state index contributed by atoms with van der Waals surface area (Å²) in [7, 11) is 0. The maximum absolute atomic E-state index is 13.1. The number of nitrogens with zero attached hydrogens (tertiary/aromatic N) is 4. The SMILES string of the molecule is C[C@@H]1Cn2c(nc3cc(C(=O)Nc4ccc(OC(F)(F)Cl)cc4)cc(-c4cncnc4)c32)CO1. The van der Waals surface area contributed by atoms with Gasteiger partial charge >= 0.3 is 5.57 Å². The van der Waals surface area contributed by atoms with Crippen molar-refractivity contribution < 1.29 is 23.0 Å². The van der Waals surface area contributed by atoms with Crippen LogP contribution in [0.4, 0.5) is 14.5 Å². The number of amides is 1. The Hall–Kier alpha value is -3.63. The highest BCUT2D eigenvalue weighted by atomic mass is 35.5. The summed E-state index contributed by atoms with van der Waals surface area (Å²) >= 11 is 4.78. The number of carbonyl (C=O) groups excluding carboxylic acids is 1. The summed E-state index contributed by atoms with van der Waals surface area (Å²) in [5, 5.41) is 2.75. The highest BCUT2D eigenvalue weighted by molar-refractivity contribution is 6.20. The van der Waals surface area contributed by atoms with E-state index in [1.807, 2.05) is 6.92 Å². The molecule has 174 valence electrons. The fourth-order valence-corrected chi connectivity index (χ4v) is 3.97. The first kappa shape index (κ1) is 22.2. The topological polar surface area (TPSA) is 91.2 Å². The third kappa shape index (κ3) is 4.55. The molecule has 0 radical (unpaired) electrons. The van der Waals surface area contributed by atoms with Gasteiger partial charge in [0.1, 0.15) is 24.5 Å². The summed E-state index contributed by atoms with van der Waals surface area (Å²) in [5.74, 6) is 0.244. The maximum Gasteiger partial charge on any atom is 0.487 e. The molecule has 1 atom stereocenters. The van der Waals surface area contributed by atoms with E-state index in [1.165, 1.54) is 30.6 Å². The fraction of sp³-hybridized carbons (Fsp3) is 0.217. The van der Waals surface area contributed by atoms with Gasteiger partial charge < -0.3 is 19.4 Å². The van der Waals surface area contributed by atoms with E-state index in [4.69, 9.17) is 16.3 Å². The molecule has 4 aromatic rings. The number of hydrogen-bond acceptors (Lipinski definition) is 6. The fourth-order valence-electron chi connectivity index (χ4n) is 3.88. The lowest BCUT2D eigenvalue weighted by molar-refractivity contribution is -0.0964. The van der Waals surface area contributed by atoms with Gasteiger partial charge in [-0.3, -0.25) is 4.79 Å². The van der Waals surface area contributed by atoms with Crippen LogP contribution in [-0.2, 0) is 17.9 Å². The van der Waals surface area contributed by atoms with Crippen LogP contribution in [0.15, 0.2) is 55.1 Å². The van der Waals surface area contributed by atoms with Crippen LogP contribution in [0.2, 0.25) is 0 Å². The van der Waals surface area contributed by atoms with E-state index in [-0.39, 0.29) is 11.9 Å². The number of fused-ring (bicyclic) bond motifs is 3. The monoisotopic (exact) mass is 485 g/mol. The van der Waals surface area contributed by atoms with Crippen LogP contribution < -0.4 is 10.1 Å². The molecule has 0 fully saturated rings. The number of ether oxygens (including phenoxy) is 2. The van der Waals surface area contributed by atoms with Crippen LogP contribution in [0.25, 0.3) is 22.2 Å². The first-order chi connectivity index (χ1) is 16.3. The molecule has 1 aliphatic heterocycles. The maximum atomic E-state index is 13.1. The summed E-state index contributed by atoms with van der Waals surface area (Å²) < 4.78 is 37.7. The van der Waals surface area contributed by atoms with E-state index in [0.717, 1.165) is 22.5 Å². The Kier molecular flexibility index (Phi) is 5.62. The standard InChI is InChI=1S/C23H18ClF2N5O3/c1-13-10-31-20(11-33-13)30-19-7-14(6-18(21(19)31)15-8-27-12-28-9-15)22(32)29-16-2-4-17(5-3-16)34-23(24,25)26/h2-9,12-13H,10-11H2,1H3,(H,29,32)/t13-/m1/s1. The molecule has 1 N–H and O–H groups in total. The Balaban J connectivity index is 1.51. The van der Waals surface area contributed by atoms with Gasteiger partial charge in [0.15, 0.2) is 0 Å². The van der Waals surface area contributed by atoms with Crippen LogP contribution in [-0.4, -0.2) is 37.1 Å². The normalized spacial score (nSPS) is 15.7. The summed E-state index contributed by atoms with van der Waals surface area (Å²) in [6, 6.07) is 8.91. The largest absolute Gasteiger partial charge is 0.487 e. The van der Waals surface area contributed by atoms with Crippen molar-refractivity contribution >= 4 is 34.2 Å². The third-order valence-electron chi connectivity index (χ3n) is 5.34. The van der Waals surface area contributed by atoms with Crippen molar-refractivity contribution in [2.75, 3.05) is 5.32 Å². The Labute approximate surface area is 197 Å². The Morgan fingerprint density at radius 1 is 1.24 bits per heavy atom. The molecule has 34 heavy (non-hydrogen) atoms. The second-order valence-electron chi connectivity index (χ2n) is 7.81. The quantitative estimate of drug-likeness (QED) is 0.407. The lowest BCUT2D eigenvalue weighted by atomic mass is 10.0. The first-order valence-corrected chi connectivity index (χ1v) is 10.7. The van der Waals surface area contributed by atoms with E-state index in [1.54, 1.807) is 24.5 Å². The number of rotatable bonds is 5. The average Bonchev–Trinajstić information content (AvgIpc) is 3.17. The number of carbonyl (C=O) groups is 1. The van der Waals surface area contributed by atoms with Gasteiger partial charge in [0.25, 0.3) is 5.91 Å². The molecule has 2 aromatic heterocycles. The van der Waals surface area contributed by atoms with Crippen LogP contribution in [0.1, 0.15) is 23.1 Å². The number of benzene rings is 2. The second kappa shape index (κ2) is 8.62. The highest BCUT2D eigenvalue weighted by Crippen LogP contribution is 2.33. The zero-order chi connectivity index (χ0) is 23.9. The van der Waals surface area contributed by atoms with Crippen LogP contribution >= 0.6 is 11.6 Å². The molecule has 2 aromatic carbocycles. The lowest BCUT2D eigenvalue weighted by Crippen LogP contribution is -2.24. The van der Waals surface area contributed by atoms with E-state index in [9.17, 15) is 13.6 Å². The minimum Gasteiger partial charge on any atom is -0.420 e. The summed E-state index contributed by atoms with van der Waals surface area (Å²) in [5.41, 5.74) is -0.0248. The van der Waals surface area contributed by atoms with E-state index in [0.29, 0.717) is 29.9 Å². The smallest absolute Gasteiger partial charge is 0.420 e. The molecule has 0 aliphatic carbocycles. The van der Waals surface area contributed by atoms with Gasteiger partial charge in [-0.25, -0.2) is 15.0 Å². The third-order valence-corrected chi connectivity index (χ3v) is 5.41.